The highest BCUT2D eigenvalue weighted by Crippen LogP contribution is 2.36. The normalized spacial score (nSPS) is 14.8. The van der Waals surface area contributed by atoms with E-state index in [1.165, 1.54) is 6.07 Å². The van der Waals surface area contributed by atoms with E-state index < -0.39 is 23.6 Å². The van der Waals surface area contributed by atoms with Crippen molar-refractivity contribution in [2.75, 3.05) is 18.0 Å². The standard InChI is InChI=1S/C24H27N7O4/c1-24(2,3)35-23(34)27-8-6-4-5-7-9-31-19-11-16(14-26)15(13-25)10-17(19)28-18-12-20(32)29-22(33)30-21(18)31/h10-11H,4-9,12H2,1-3H3,(H,27,34)(H,29,32,33). The monoisotopic (exact) mass is 477 g/mol. The highest BCUT2D eigenvalue weighted by atomic mass is 16.6. The SMILES string of the molecule is CC(C)(C)OC(=O)NCCCCCCN1C2=NC(=O)NC(=O)CC2=Nc2cc(C#N)c(C#N)cc21. The summed E-state index contributed by atoms with van der Waals surface area (Å²) in [6.07, 6.45) is 2.59. The van der Waals surface area contributed by atoms with Gasteiger partial charge in [-0.1, -0.05) is 12.8 Å². The molecule has 0 bridgehead atoms. The molecule has 0 saturated carbocycles. The van der Waals surface area contributed by atoms with Gasteiger partial charge in [0, 0.05) is 13.1 Å². The molecule has 3 rings (SSSR count). The number of nitrogens with zero attached hydrogens (tertiary/aromatic N) is 5. The molecule has 11 nitrogen and oxygen atoms in total. The highest BCUT2D eigenvalue weighted by Gasteiger charge is 2.32. The van der Waals surface area contributed by atoms with Crippen molar-refractivity contribution < 1.29 is 19.1 Å². The van der Waals surface area contributed by atoms with Gasteiger partial charge in [-0.25, -0.2) is 14.6 Å². The third kappa shape index (κ3) is 6.64. The van der Waals surface area contributed by atoms with Gasteiger partial charge in [0.05, 0.1) is 34.6 Å². The first-order chi connectivity index (χ1) is 16.6. The summed E-state index contributed by atoms with van der Waals surface area (Å²) in [6.45, 7) is 6.37. The van der Waals surface area contributed by atoms with E-state index in [-0.39, 0.29) is 23.4 Å². The van der Waals surface area contributed by atoms with Crippen LogP contribution >= 0.6 is 0 Å². The maximum Gasteiger partial charge on any atom is 0.407 e. The van der Waals surface area contributed by atoms with Gasteiger partial charge in [-0.05, 0) is 45.7 Å². The molecule has 0 radical (unpaired) electrons. The number of unbranched alkanes of at least 4 members (excludes halogenated alkanes) is 3. The van der Waals surface area contributed by atoms with Crippen LogP contribution in [0.5, 0.6) is 0 Å². The van der Waals surface area contributed by atoms with Crippen molar-refractivity contribution in [1.82, 2.24) is 10.6 Å². The molecular weight excluding hydrogens is 450 g/mol. The zero-order chi connectivity index (χ0) is 25.6. The molecule has 0 saturated heterocycles. The van der Waals surface area contributed by atoms with Gasteiger partial charge in [-0.2, -0.15) is 15.5 Å². The quantitative estimate of drug-likeness (QED) is 0.569. The summed E-state index contributed by atoms with van der Waals surface area (Å²) in [5.41, 5.74) is 1.16. The zero-order valence-electron chi connectivity index (χ0n) is 20.0. The first-order valence-electron chi connectivity index (χ1n) is 11.3. The minimum atomic E-state index is -0.772. The molecule has 35 heavy (non-hydrogen) atoms. The fourth-order valence-corrected chi connectivity index (χ4v) is 3.70. The molecule has 0 aromatic heterocycles. The van der Waals surface area contributed by atoms with Crippen LogP contribution in [0.25, 0.3) is 0 Å². The molecule has 2 aliphatic rings. The van der Waals surface area contributed by atoms with Crippen molar-refractivity contribution in [3.8, 4) is 12.1 Å². The van der Waals surface area contributed by atoms with Crippen LogP contribution < -0.4 is 15.5 Å². The van der Waals surface area contributed by atoms with E-state index >= 15 is 0 Å². The Morgan fingerprint density at radius 2 is 1.80 bits per heavy atom. The summed E-state index contributed by atoms with van der Waals surface area (Å²) >= 11 is 0. The maximum atomic E-state index is 12.1. The number of rotatable bonds is 7. The van der Waals surface area contributed by atoms with Crippen LogP contribution in [0.2, 0.25) is 0 Å². The molecule has 2 aliphatic heterocycles. The third-order valence-corrected chi connectivity index (χ3v) is 5.17. The van der Waals surface area contributed by atoms with Crippen LogP contribution in [0, 0.1) is 22.7 Å². The lowest BCUT2D eigenvalue weighted by molar-refractivity contribution is -0.118. The third-order valence-electron chi connectivity index (χ3n) is 5.17. The van der Waals surface area contributed by atoms with Crippen molar-refractivity contribution in [2.24, 2.45) is 9.98 Å². The Kier molecular flexibility index (Phi) is 7.82. The van der Waals surface area contributed by atoms with Crippen molar-refractivity contribution >= 4 is 41.0 Å². The number of carbonyl (C=O) groups excluding carboxylic acids is 3. The van der Waals surface area contributed by atoms with Gasteiger partial charge in [0.15, 0.2) is 5.84 Å². The number of amidine groups is 1. The summed E-state index contributed by atoms with van der Waals surface area (Å²) in [5.74, 6) is -0.247. The molecule has 0 spiro atoms. The summed E-state index contributed by atoms with van der Waals surface area (Å²) in [5, 5.41) is 23.7. The molecule has 0 unspecified atom stereocenters. The molecule has 182 valence electrons. The lowest BCUT2D eigenvalue weighted by Crippen LogP contribution is -2.40. The summed E-state index contributed by atoms with van der Waals surface area (Å²) in [7, 11) is 0. The largest absolute Gasteiger partial charge is 0.444 e. The molecule has 1 aromatic carbocycles. The van der Waals surface area contributed by atoms with Crippen LogP contribution in [0.4, 0.5) is 21.0 Å². The Bertz CT molecular complexity index is 1180. The summed E-state index contributed by atoms with van der Waals surface area (Å²) in [6, 6.07) is 6.31. The van der Waals surface area contributed by atoms with Gasteiger partial charge < -0.3 is 15.0 Å². The van der Waals surface area contributed by atoms with E-state index in [1.807, 2.05) is 12.1 Å². The average molecular weight is 478 g/mol. The molecule has 0 fully saturated rings. The lowest BCUT2D eigenvalue weighted by atomic mass is 10.0. The molecule has 4 amide bonds. The minimum absolute atomic E-state index is 0.126. The number of nitrogens with one attached hydrogen (secondary N) is 2. The van der Waals surface area contributed by atoms with E-state index in [4.69, 9.17) is 4.74 Å². The molecular formula is C24H27N7O4. The fourth-order valence-electron chi connectivity index (χ4n) is 3.70. The number of aliphatic imine (C=N–C) groups is 2. The molecule has 1 aromatic rings. The Morgan fingerprint density at radius 3 is 2.49 bits per heavy atom. The van der Waals surface area contributed by atoms with E-state index in [0.29, 0.717) is 30.2 Å². The smallest absolute Gasteiger partial charge is 0.407 e. The molecule has 2 heterocycles. The number of urea groups is 1. The number of carbonyl (C=O) groups is 3. The van der Waals surface area contributed by atoms with Gasteiger partial charge in [0.25, 0.3) is 0 Å². The van der Waals surface area contributed by atoms with E-state index in [9.17, 15) is 24.9 Å². The van der Waals surface area contributed by atoms with Crippen LogP contribution in [-0.2, 0) is 9.53 Å². The second-order valence-electron chi connectivity index (χ2n) is 9.13. The number of anilines is 1. The molecule has 0 aliphatic carbocycles. The van der Waals surface area contributed by atoms with Gasteiger partial charge in [-0.3, -0.25) is 10.1 Å². The molecule has 0 atom stereocenters. The van der Waals surface area contributed by atoms with E-state index in [0.717, 1.165) is 25.7 Å². The number of nitriles is 2. The van der Waals surface area contributed by atoms with E-state index in [2.05, 4.69) is 20.6 Å². The van der Waals surface area contributed by atoms with Crippen molar-refractivity contribution in [3.05, 3.63) is 23.3 Å². The van der Waals surface area contributed by atoms with Gasteiger partial charge in [0.2, 0.25) is 5.91 Å². The van der Waals surface area contributed by atoms with Gasteiger partial charge in [-0.15, -0.1) is 0 Å². The fraction of sp³-hybridized carbons (Fsp3) is 0.458. The number of hydrogen-bond donors (Lipinski definition) is 2. The number of fused-ring (bicyclic) bond motifs is 2. The maximum absolute atomic E-state index is 12.1. The minimum Gasteiger partial charge on any atom is -0.444 e. The first kappa shape index (κ1) is 25.4. The summed E-state index contributed by atoms with van der Waals surface area (Å²) in [4.78, 5) is 46.1. The van der Waals surface area contributed by atoms with Gasteiger partial charge in [0.1, 0.15) is 17.7 Å². The number of ether oxygens (including phenoxy) is 1. The first-order valence-corrected chi connectivity index (χ1v) is 11.3. The Balaban J connectivity index is 1.69. The average Bonchev–Trinajstić information content (AvgIpc) is 2.91. The zero-order valence-corrected chi connectivity index (χ0v) is 20.0. The summed E-state index contributed by atoms with van der Waals surface area (Å²) < 4.78 is 5.21. The Labute approximate surface area is 203 Å². The number of benzene rings is 1. The second-order valence-corrected chi connectivity index (χ2v) is 9.13. The van der Waals surface area contributed by atoms with Gasteiger partial charge >= 0.3 is 12.1 Å². The van der Waals surface area contributed by atoms with Crippen LogP contribution in [0.3, 0.4) is 0 Å². The highest BCUT2D eigenvalue weighted by molar-refractivity contribution is 6.52. The predicted molar refractivity (Wildman–Crippen MR) is 129 cm³/mol. The number of amides is 4. The Hall–Kier alpha value is -4.25. The molecule has 2 N–H and O–H groups in total. The van der Waals surface area contributed by atoms with Crippen LogP contribution in [0.1, 0.15) is 64.0 Å². The molecule has 11 heteroatoms. The topological polar surface area (TPSA) is 160 Å². The van der Waals surface area contributed by atoms with Crippen molar-refractivity contribution in [2.45, 2.75) is 58.5 Å². The predicted octanol–water partition coefficient (Wildman–Crippen LogP) is 3.45. The van der Waals surface area contributed by atoms with Crippen LogP contribution in [0.15, 0.2) is 22.1 Å². The number of alkyl carbamates (subject to hydrolysis) is 1. The second kappa shape index (κ2) is 10.8. The van der Waals surface area contributed by atoms with Crippen molar-refractivity contribution in [1.29, 1.82) is 10.5 Å². The van der Waals surface area contributed by atoms with Crippen LogP contribution in [-0.4, -0.2) is 48.3 Å². The Morgan fingerprint density at radius 1 is 1.11 bits per heavy atom. The number of imide groups is 1. The number of hydrogen-bond acceptors (Lipinski definition) is 8. The lowest BCUT2D eigenvalue weighted by Gasteiger charge is -2.31. The van der Waals surface area contributed by atoms with E-state index in [1.54, 1.807) is 31.7 Å². The van der Waals surface area contributed by atoms with Crippen molar-refractivity contribution in [3.63, 3.8) is 0 Å².